The molecule has 1 atom stereocenters. The number of rotatable bonds is 3. The molecule has 178 valence electrons. The smallest absolute Gasteiger partial charge is 0.497 e. The molecule has 0 aromatic heterocycles. The van der Waals surface area contributed by atoms with Crippen molar-refractivity contribution in [1.82, 2.24) is 0 Å². The van der Waals surface area contributed by atoms with E-state index in [4.69, 9.17) is 15.0 Å². The van der Waals surface area contributed by atoms with Crippen molar-refractivity contribution in [2.45, 2.75) is 12.8 Å². The van der Waals surface area contributed by atoms with Crippen LogP contribution in [0.4, 0.5) is 34.1 Å². The van der Waals surface area contributed by atoms with Gasteiger partial charge in [-0.15, -0.1) is 0 Å². The Kier molecular flexibility index (Phi) is 5.07. The summed E-state index contributed by atoms with van der Waals surface area (Å²) in [5, 5.41) is 10.5. The lowest BCUT2D eigenvalue weighted by atomic mass is 10.1. The molecule has 0 unspecified atom stereocenters. The van der Waals surface area contributed by atoms with Gasteiger partial charge in [-0.2, -0.15) is 0 Å². The highest BCUT2D eigenvalue weighted by Crippen LogP contribution is 2.50. The third kappa shape index (κ3) is 3.12. The number of hydrogen-bond acceptors (Lipinski definition) is 5. The summed E-state index contributed by atoms with van der Waals surface area (Å²) in [6.07, 6.45) is 0. The van der Waals surface area contributed by atoms with Crippen LogP contribution in [0.5, 0.6) is 5.75 Å². The van der Waals surface area contributed by atoms with Gasteiger partial charge in [-0.25, -0.2) is 9.80 Å². The summed E-state index contributed by atoms with van der Waals surface area (Å²) in [6.45, 7) is 2.09. The molecule has 0 saturated heterocycles. The molecule has 6 rings (SSSR count). The van der Waals surface area contributed by atoms with Gasteiger partial charge in [-0.1, -0.05) is 42.5 Å². The Balaban J connectivity index is 1.72. The minimum Gasteiger partial charge on any atom is -0.497 e. The highest BCUT2D eigenvalue weighted by molar-refractivity contribution is 5.74. The molecule has 2 aliphatic heterocycles. The summed E-state index contributed by atoms with van der Waals surface area (Å²) in [5.41, 5.74) is 6.78. The Morgan fingerprint density at radius 1 is 0.667 bits per heavy atom. The summed E-state index contributed by atoms with van der Waals surface area (Å²) in [6, 6.07) is 32.9. The van der Waals surface area contributed by atoms with E-state index in [2.05, 4.69) is 84.0 Å². The molecule has 4 aromatic carbocycles. The molecule has 1 spiro atoms. The Hall–Kier alpha value is -4.52. The average Bonchev–Trinajstić information content (AvgIpc) is 2.92. The fraction of sp³-hybridized carbons (Fsp3) is 0.172. The number of ether oxygens (including phenoxy) is 1. The van der Waals surface area contributed by atoms with Crippen LogP contribution in [-0.2, 0) is 0 Å². The first-order valence-electron chi connectivity index (χ1n) is 11.9. The SMILES string of the molecule is COc1ccc2c(c1)N=[N+](c1ccccc1)[C@@]1(N(C)c3ccc(C)cc3N=[N+]1c1ccccc1)N2C. The molecule has 0 bridgehead atoms. The second-order valence-corrected chi connectivity index (χ2v) is 9.06. The Bertz CT molecular complexity index is 1520. The van der Waals surface area contributed by atoms with Crippen LogP contribution in [0.15, 0.2) is 107 Å². The van der Waals surface area contributed by atoms with E-state index >= 15 is 0 Å². The van der Waals surface area contributed by atoms with E-state index in [1.165, 1.54) is 0 Å². The Morgan fingerprint density at radius 2 is 1.17 bits per heavy atom. The first kappa shape index (κ1) is 22.0. The predicted octanol–water partition coefficient (Wildman–Crippen LogP) is 7.07. The number of aryl methyl sites for hydroxylation is 1. The number of nitrogens with zero attached hydrogens (tertiary/aromatic N) is 6. The molecule has 0 fully saturated rings. The number of methoxy groups -OCH3 is 1. The number of hydrogen-bond donors (Lipinski definition) is 0. The highest BCUT2D eigenvalue weighted by atomic mass is 16.5. The molecule has 0 radical (unpaired) electrons. The molecule has 0 aliphatic carbocycles. The number of azo groups is 4. The molecule has 7 nitrogen and oxygen atoms in total. The fourth-order valence-electron chi connectivity index (χ4n) is 5.15. The number of fused-ring (bicyclic) bond motifs is 2. The van der Waals surface area contributed by atoms with Crippen molar-refractivity contribution in [3.8, 4) is 5.75 Å². The van der Waals surface area contributed by atoms with Gasteiger partial charge < -0.3 is 4.74 Å². The third-order valence-corrected chi connectivity index (χ3v) is 6.92. The molecule has 0 N–H and O–H groups in total. The molecule has 4 aromatic rings. The van der Waals surface area contributed by atoms with Crippen LogP contribution in [0.3, 0.4) is 0 Å². The van der Waals surface area contributed by atoms with Gasteiger partial charge in [0, 0.05) is 64.1 Å². The van der Waals surface area contributed by atoms with Crippen LogP contribution >= 0.6 is 0 Å². The van der Waals surface area contributed by atoms with Crippen LogP contribution in [0.2, 0.25) is 0 Å². The van der Waals surface area contributed by atoms with Crippen molar-refractivity contribution in [1.29, 1.82) is 0 Å². The number of benzene rings is 4. The zero-order valence-electron chi connectivity index (χ0n) is 20.8. The fourth-order valence-corrected chi connectivity index (χ4v) is 5.15. The minimum absolute atomic E-state index is 0.761. The third-order valence-electron chi connectivity index (χ3n) is 6.92. The second kappa shape index (κ2) is 8.30. The van der Waals surface area contributed by atoms with Crippen molar-refractivity contribution < 1.29 is 14.1 Å². The van der Waals surface area contributed by atoms with Gasteiger partial charge >= 0.3 is 5.91 Å². The van der Waals surface area contributed by atoms with E-state index in [9.17, 15) is 0 Å². The van der Waals surface area contributed by atoms with Gasteiger partial charge in [0.15, 0.2) is 11.4 Å². The van der Waals surface area contributed by atoms with Crippen molar-refractivity contribution in [3.05, 3.63) is 103 Å². The van der Waals surface area contributed by atoms with Gasteiger partial charge in [0.2, 0.25) is 11.4 Å². The highest BCUT2D eigenvalue weighted by Gasteiger charge is 2.70. The van der Waals surface area contributed by atoms with E-state index in [0.29, 0.717) is 0 Å². The number of anilines is 2. The molecular weight excluding hydrogens is 448 g/mol. The summed E-state index contributed by atoms with van der Waals surface area (Å²) in [5.74, 6) is -0.190. The normalized spacial score (nSPS) is 18.3. The van der Waals surface area contributed by atoms with E-state index in [-0.39, 0.29) is 0 Å². The Morgan fingerprint density at radius 3 is 1.69 bits per heavy atom. The number of para-hydroxylation sites is 2. The predicted molar refractivity (Wildman–Crippen MR) is 141 cm³/mol. The van der Waals surface area contributed by atoms with Gasteiger partial charge in [0.25, 0.3) is 0 Å². The maximum absolute atomic E-state index is 5.53. The van der Waals surface area contributed by atoms with E-state index < -0.39 is 5.91 Å². The van der Waals surface area contributed by atoms with Crippen molar-refractivity contribution in [2.24, 2.45) is 10.2 Å². The van der Waals surface area contributed by atoms with Gasteiger partial charge in [-0.05, 0) is 36.8 Å². The quantitative estimate of drug-likeness (QED) is 0.297. The molecular formula is C29H28N6O+2. The largest absolute Gasteiger partial charge is 0.590 e. The first-order valence-corrected chi connectivity index (χ1v) is 11.9. The molecule has 36 heavy (non-hydrogen) atoms. The van der Waals surface area contributed by atoms with Crippen LogP contribution in [-0.4, -0.2) is 36.5 Å². The van der Waals surface area contributed by atoms with Crippen LogP contribution < -0.4 is 14.5 Å². The molecule has 2 aliphatic rings. The van der Waals surface area contributed by atoms with Crippen molar-refractivity contribution in [3.63, 3.8) is 0 Å². The summed E-state index contributed by atoms with van der Waals surface area (Å²) in [7, 11) is 5.88. The Labute approximate surface area is 210 Å². The summed E-state index contributed by atoms with van der Waals surface area (Å²) < 4.78 is 9.64. The summed E-state index contributed by atoms with van der Waals surface area (Å²) in [4.78, 5) is 4.49. The lowest BCUT2D eigenvalue weighted by Gasteiger charge is -2.41. The maximum atomic E-state index is 5.53. The molecule has 0 saturated carbocycles. The van der Waals surface area contributed by atoms with E-state index in [0.717, 1.165) is 45.4 Å². The average molecular weight is 477 g/mol. The standard InChI is InChI=1S/C29H28N6O/c1-21-15-17-27-25(19-21)30-34(22-11-7-5-8-12-22)29(32(27)2)33(3)28-18-16-24(36-4)20-26(28)31-35(29)23-13-9-6-10-14-23/h5-20H,1-4H3/q+2/t29-/m0/s1. The van der Waals surface area contributed by atoms with Crippen LogP contribution in [0.1, 0.15) is 5.56 Å². The van der Waals surface area contributed by atoms with Crippen molar-refractivity contribution >= 4 is 34.1 Å². The van der Waals surface area contributed by atoms with Crippen LogP contribution in [0.25, 0.3) is 0 Å². The van der Waals surface area contributed by atoms with E-state index in [1.807, 2.05) is 53.2 Å². The maximum Gasteiger partial charge on any atom is 0.590 e. The van der Waals surface area contributed by atoms with E-state index in [1.54, 1.807) is 7.11 Å². The first-order chi connectivity index (χ1) is 17.5. The second-order valence-electron chi connectivity index (χ2n) is 9.06. The molecule has 0 amide bonds. The minimum atomic E-state index is -0.952. The van der Waals surface area contributed by atoms with Gasteiger partial charge in [-0.3, -0.25) is 0 Å². The van der Waals surface area contributed by atoms with Crippen LogP contribution in [0, 0.1) is 6.92 Å². The molecule has 7 heteroatoms. The zero-order chi connectivity index (χ0) is 24.9. The van der Waals surface area contributed by atoms with Gasteiger partial charge in [0.1, 0.15) is 5.75 Å². The van der Waals surface area contributed by atoms with Crippen molar-refractivity contribution in [2.75, 3.05) is 31.0 Å². The molecule has 2 heterocycles. The monoisotopic (exact) mass is 476 g/mol. The summed E-state index contributed by atoms with van der Waals surface area (Å²) >= 11 is 0. The van der Waals surface area contributed by atoms with Gasteiger partial charge in [0.05, 0.1) is 18.5 Å². The lowest BCUT2D eigenvalue weighted by molar-refractivity contribution is -0.815. The zero-order valence-corrected chi connectivity index (χ0v) is 20.8. The lowest BCUT2D eigenvalue weighted by Crippen LogP contribution is -2.71. The topological polar surface area (TPSA) is 46.5 Å².